The molecule has 21 heavy (non-hydrogen) atoms. The maximum absolute atomic E-state index is 12.3. The van der Waals surface area contributed by atoms with Gasteiger partial charge in [-0.05, 0) is 17.7 Å². The van der Waals surface area contributed by atoms with Gasteiger partial charge in [0.1, 0.15) is 0 Å². The third-order valence-corrected chi connectivity index (χ3v) is 3.74. The summed E-state index contributed by atoms with van der Waals surface area (Å²) in [6.07, 6.45) is 0. The third kappa shape index (κ3) is 2.76. The third-order valence-electron chi connectivity index (χ3n) is 3.74. The smallest absolute Gasteiger partial charge is 0.311 e. The second kappa shape index (κ2) is 5.97. The zero-order valence-corrected chi connectivity index (χ0v) is 12.1. The highest BCUT2D eigenvalue weighted by atomic mass is 16.1. The van der Waals surface area contributed by atoms with Crippen LogP contribution in [0.2, 0.25) is 0 Å². The first kappa shape index (κ1) is 13.6. The van der Waals surface area contributed by atoms with Gasteiger partial charge in [-0.25, -0.2) is 4.79 Å². The van der Waals surface area contributed by atoms with E-state index in [4.69, 9.17) is 0 Å². The lowest BCUT2D eigenvalue weighted by Crippen LogP contribution is -2.27. The second-order valence-electron chi connectivity index (χ2n) is 5.14. The lowest BCUT2D eigenvalue weighted by molar-refractivity contribution is 0.587. The lowest BCUT2D eigenvalue weighted by atomic mass is 10.2. The van der Waals surface area contributed by atoms with Gasteiger partial charge < -0.3 is 5.32 Å². The molecular formula is C17H19N3O. The predicted molar refractivity (Wildman–Crippen MR) is 85.3 cm³/mol. The number of benzene rings is 2. The van der Waals surface area contributed by atoms with Crippen molar-refractivity contribution in [3.8, 4) is 0 Å². The molecule has 0 amide bonds. The summed E-state index contributed by atoms with van der Waals surface area (Å²) in [7, 11) is 1.82. The van der Waals surface area contributed by atoms with E-state index in [2.05, 4.69) is 17.4 Å². The summed E-state index contributed by atoms with van der Waals surface area (Å²) < 4.78 is 3.53. The molecule has 0 fully saturated rings. The molecule has 1 heterocycles. The molecule has 3 rings (SSSR count). The minimum atomic E-state index is 0.0395. The average molecular weight is 281 g/mol. The first-order chi connectivity index (χ1) is 10.3. The van der Waals surface area contributed by atoms with Crippen molar-refractivity contribution in [1.29, 1.82) is 0 Å². The van der Waals surface area contributed by atoms with Crippen molar-refractivity contribution in [3.63, 3.8) is 0 Å². The van der Waals surface area contributed by atoms with E-state index in [1.807, 2.05) is 54.1 Å². The Labute approximate surface area is 123 Å². The van der Waals surface area contributed by atoms with Crippen molar-refractivity contribution >= 4 is 11.0 Å². The highest BCUT2D eigenvalue weighted by molar-refractivity contribution is 5.75. The maximum atomic E-state index is 12.3. The largest absolute Gasteiger partial charge is 0.328 e. The molecule has 0 saturated carbocycles. The molecule has 1 aromatic heterocycles. The summed E-state index contributed by atoms with van der Waals surface area (Å²) >= 11 is 0. The normalized spacial score (nSPS) is 11.1. The van der Waals surface area contributed by atoms with Crippen molar-refractivity contribution in [2.75, 3.05) is 6.54 Å². The predicted octanol–water partition coefficient (Wildman–Crippen LogP) is 2.13. The fourth-order valence-electron chi connectivity index (χ4n) is 2.60. The van der Waals surface area contributed by atoms with Gasteiger partial charge in [0, 0.05) is 26.7 Å². The summed E-state index contributed by atoms with van der Waals surface area (Å²) in [5.74, 6) is 0. The minimum absolute atomic E-state index is 0.0395. The monoisotopic (exact) mass is 281 g/mol. The lowest BCUT2D eigenvalue weighted by Gasteiger charge is -2.06. The van der Waals surface area contributed by atoms with Gasteiger partial charge in [0.25, 0.3) is 0 Å². The van der Waals surface area contributed by atoms with Gasteiger partial charge >= 0.3 is 5.69 Å². The number of fused-ring (bicyclic) bond motifs is 1. The number of hydrogen-bond donors (Lipinski definition) is 1. The van der Waals surface area contributed by atoms with E-state index in [0.29, 0.717) is 6.54 Å². The Balaban J connectivity index is 1.69. The molecule has 1 N–H and O–H groups in total. The first-order valence-electron chi connectivity index (χ1n) is 7.16. The molecule has 0 unspecified atom stereocenters. The molecule has 2 aromatic carbocycles. The Morgan fingerprint density at radius 1 is 0.952 bits per heavy atom. The van der Waals surface area contributed by atoms with E-state index in [0.717, 1.165) is 24.1 Å². The van der Waals surface area contributed by atoms with Crippen LogP contribution in [0.4, 0.5) is 0 Å². The average Bonchev–Trinajstić information content (AvgIpc) is 2.77. The molecule has 108 valence electrons. The molecule has 0 spiro atoms. The van der Waals surface area contributed by atoms with E-state index in [1.165, 1.54) is 5.56 Å². The topological polar surface area (TPSA) is 39.0 Å². The Hall–Kier alpha value is -2.33. The van der Waals surface area contributed by atoms with E-state index in [-0.39, 0.29) is 5.69 Å². The standard InChI is InChI=1S/C17H19N3O/c1-19-15-9-5-6-10-16(15)20(17(19)21)12-11-18-13-14-7-3-2-4-8-14/h2-10,18H,11-13H2,1H3. The van der Waals surface area contributed by atoms with Crippen molar-refractivity contribution in [1.82, 2.24) is 14.5 Å². The molecule has 4 heteroatoms. The van der Waals surface area contributed by atoms with Gasteiger partial charge in [-0.1, -0.05) is 42.5 Å². The van der Waals surface area contributed by atoms with Crippen LogP contribution >= 0.6 is 0 Å². The van der Waals surface area contributed by atoms with E-state index >= 15 is 0 Å². The van der Waals surface area contributed by atoms with Gasteiger partial charge in [0.2, 0.25) is 0 Å². The molecule has 4 nitrogen and oxygen atoms in total. The van der Waals surface area contributed by atoms with E-state index in [1.54, 1.807) is 4.57 Å². The van der Waals surface area contributed by atoms with Crippen LogP contribution < -0.4 is 11.0 Å². The van der Waals surface area contributed by atoms with Crippen molar-refractivity contribution in [2.24, 2.45) is 7.05 Å². The van der Waals surface area contributed by atoms with Gasteiger partial charge in [0.15, 0.2) is 0 Å². The summed E-state index contributed by atoms with van der Waals surface area (Å²) in [6, 6.07) is 18.2. The fraction of sp³-hybridized carbons (Fsp3) is 0.235. The Bertz CT molecular complexity index is 787. The molecule has 0 bridgehead atoms. The van der Waals surface area contributed by atoms with Crippen LogP contribution in [0.1, 0.15) is 5.56 Å². The quantitative estimate of drug-likeness (QED) is 0.728. The number of imidazole rings is 1. The summed E-state index contributed by atoms with van der Waals surface area (Å²) in [4.78, 5) is 12.3. The molecule has 0 saturated heterocycles. The SMILES string of the molecule is Cn1c(=O)n(CCNCc2ccccc2)c2ccccc21. The first-order valence-corrected chi connectivity index (χ1v) is 7.16. The zero-order chi connectivity index (χ0) is 14.7. The second-order valence-corrected chi connectivity index (χ2v) is 5.14. The molecule has 0 aliphatic carbocycles. The van der Waals surface area contributed by atoms with E-state index < -0.39 is 0 Å². The number of hydrogen-bond acceptors (Lipinski definition) is 2. The maximum Gasteiger partial charge on any atom is 0.328 e. The van der Waals surface area contributed by atoms with Crippen molar-refractivity contribution < 1.29 is 0 Å². The van der Waals surface area contributed by atoms with Gasteiger partial charge in [0.05, 0.1) is 11.0 Å². The summed E-state index contributed by atoms with van der Waals surface area (Å²) in [5, 5.41) is 3.38. The fourth-order valence-corrected chi connectivity index (χ4v) is 2.60. The Morgan fingerprint density at radius 3 is 2.38 bits per heavy atom. The van der Waals surface area contributed by atoms with Gasteiger partial charge in [-0.15, -0.1) is 0 Å². The molecular weight excluding hydrogens is 262 g/mol. The molecule has 0 aliphatic rings. The number of aromatic nitrogens is 2. The molecule has 0 aliphatic heterocycles. The highest BCUT2D eigenvalue weighted by Gasteiger charge is 2.08. The number of nitrogens with zero attached hydrogens (tertiary/aromatic N) is 2. The van der Waals surface area contributed by atoms with Crippen molar-refractivity contribution in [3.05, 3.63) is 70.6 Å². The van der Waals surface area contributed by atoms with Crippen LogP contribution in [0.25, 0.3) is 11.0 Å². The number of nitrogens with one attached hydrogen (secondary N) is 1. The van der Waals surface area contributed by atoms with Crippen LogP contribution in [-0.4, -0.2) is 15.7 Å². The molecule has 0 atom stereocenters. The van der Waals surface area contributed by atoms with Crippen LogP contribution in [0.3, 0.4) is 0 Å². The number of rotatable bonds is 5. The minimum Gasteiger partial charge on any atom is -0.311 e. The Kier molecular flexibility index (Phi) is 3.88. The summed E-state index contributed by atoms with van der Waals surface area (Å²) in [5.41, 5.74) is 3.26. The van der Waals surface area contributed by atoms with Gasteiger partial charge in [-0.2, -0.15) is 0 Å². The van der Waals surface area contributed by atoms with Gasteiger partial charge in [-0.3, -0.25) is 9.13 Å². The van der Waals surface area contributed by atoms with E-state index in [9.17, 15) is 4.79 Å². The number of para-hydroxylation sites is 2. The van der Waals surface area contributed by atoms with Crippen LogP contribution in [0.5, 0.6) is 0 Å². The van der Waals surface area contributed by atoms with Crippen molar-refractivity contribution in [2.45, 2.75) is 13.1 Å². The number of aryl methyl sites for hydroxylation is 1. The Morgan fingerprint density at radius 2 is 1.62 bits per heavy atom. The van der Waals surface area contributed by atoms with Crippen LogP contribution in [-0.2, 0) is 20.1 Å². The van der Waals surface area contributed by atoms with Crippen LogP contribution in [0.15, 0.2) is 59.4 Å². The molecule has 3 aromatic rings. The molecule has 0 radical (unpaired) electrons. The highest BCUT2D eigenvalue weighted by Crippen LogP contribution is 2.10. The van der Waals surface area contributed by atoms with Crippen LogP contribution in [0, 0.1) is 0 Å². The zero-order valence-electron chi connectivity index (χ0n) is 12.1. The summed E-state index contributed by atoms with van der Waals surface area (Å²) in [6.45, 7) is 2.26.